The van der Waals surface area contributed by atoms with Crippen LogP contribution < -0.4 is 4.90 Å². The van der Waals surface area contributed by atoms with Crippen LogP contribution in [0.1, 0.15) is 17.0 Å². The number of rotatable bonds is 4. The first-order valence-electron chi connectivity index (χ1n) is 9.35. The minimum atomic E-state index is 0.979. The molecule has 1 aromatic heterocycles. The van der Waals surface area contributed by atoms with Crippen molar-refractivity contribution in [2.45, 2.75) is 20.4 Å². The van der Waals surface area contributed by atoms with Gasteiger partial charge < -0.3 is 4.90 Å². The molecular weight excluding hydrogens is 320 g/mol. The van der Waals surface area contributed by atoms with E-state index in [1.807, 2.05) is 6.07 Å². The third-order valence-corrected chi connectivity index (χ3v) is 5.32. The van der Waals surface area contributed by atoms with E-state index in [0.717, 1.165) is 44.1 Å². The number of piperazine rings is 1. The van der Waals surface area contributed by atoms with Gasteiger partial charge >= 0.3 is 0 Å². The molecule has 0 bridgehead atoms. The fourth-order valence-corrected chi connectivity index (χ4v) is 3.75. The highest BCUT2D eigenvalue weighted by atomic mass is 15.3. The van der Waals surface area contributed by atoms with Gasteiger partial charge in [0.25, 0.3) is 0 Å². The molecule has 0 saturated carbocycles. The molecule has 0 spiro atoms. The van der Waals surface area contributed by atoms with E-state index in [1.54, 1.807) is 0 Å². The lowest BCUT2D eigenvalue weighted by atomic mass is 10.1. The fraction of sp³-hybridized carbons (Fsp3) is 0.318. The molecule has 0 amide bonds. The van der Waals surface area contributed by atoms with E-state index in [2.05, 4.69) is 82.9 Å². The van der Waals surface area contributed by atoms with Crippen LogP contribution in [0, 0.1) is 13.8 Å². The van der Waals surface area contributed by atoms with Crippen LogP contribution in [-0.2, 0) is 6.54 Å². The summed E-state index contributed by atoms with van der Waals surface area (Å²) in [5.74, 6) is 0. The summed E-state index contributed by atoms with van der Waals surface area (Å²) in [7, 11) is 0. The summed E-state index contributed by atoms with van der Waals surface area (Å²) in [5.41, 5.74) is 6.21. The molecular formula is C22H26N4. The quantitative estimate of drug-likeness (QED) is 0.718. The number of hydrogen-bond acceptors (Lipinski definition) is 3. The van der Waals surface area contributed by atoms with Crippen molar-refractivity contribution < 1.29 is 0 Å². The molecule has 2 heterocycles. The monoisotopic (exact) mass is 346 g/mol. The minimum Gasteiger partial charge on any atom is -0.369 e. The van der Waals surface area contributed by atoms with E-state index in [0.29, 0.717) is 0 Å². The van der Waals surface area contributed by atoms with Crippen LogP contribution in [0.2, 0.25) is 0 Å². The molecule has 4 nitrogen and oxygen atoms in total. The van der Waals surface area contributed by atoms with Crippen molar-refractivity contribution in [3.63, 3.8) is 0 Å². The Labute approximate surface area is 155 Å². The molecule has 0 radical (unpaired) electrons. The third-order valence-electron chi connectivity index (χ3n) is 5.32. The first-order valence-corrected chi connectivity index (χ1v) is 9.35. The summed E-state index contributed by atoms with van der Waals surface area (Å²) in [6.07, 6.45) is 0. The SMILES string of the molecule is Cc1nn(-c2ccccc2)c(C)c1CN1CCN(c2ccccc2)CC1. The van der Waals surface area contributed by atoms with E-state index in [1.165, 1.54) is 16.9 Å². The Morgan fingerprint density at radius 1 is 0.769 bits per heavy atom. The highest BCUT2D eigenvalue weighted by Gasteiger charge is 2.20. The Morgan fingerprint density at radius 3 is 1.96 bits per heavy atom. The first kappa shape index (κ1) is 16.9. The topological polar surface area (TPSA) is 24.3 Å². The maximum atomic E-state index is 4.79. The minimum absolute atomic E-state index is 0.979. The molecule has 0 unspecified atom stereocenters. The van der Waals surface area contributed by atoms with Gasteiger partial charge in [-0.05, 0) is 38.1 Å². The Bertz CT molecular complexity index is 847. The molecule has 0 N–H and O–H groups in total. The van der Waals surface area contributed by atoms with Gasteiger partial charge in [-0.2, -0.15) is 5.10 Å². The number of aromatic nitrogens is 2. The van der Waals surface area contributed by atoms with E-state index in [9.17, 15) is 0 Å². The largest absolute Gasteiger partial charge is 0.369 e. The van der Waals surface area contributed by atoms with Crippen molar-refractivity contribution in [1.82, 2.24) is 14.7 Å². The molecule has 1 fully saturated rings. The molecule has 4 heteroatoms. The van der Waals surface area contributed by atoms with Crippen molar-refractivity contribution in [2.24, 2.45) is 0 Å². The fourth-order valence-electron chi connectivity index (χ4n) is 3.75. The molecule has 0 aliphatic carbocycles. The molecule has 134 valence electrons. The molecule has 1 aliphatic rings. The second-order valence-corrected chi connectivity index (χ2v) is 7.00. The second kappa shape index (κ2) is 7.34. The number of para-hydroxylation sites is 2. The van der Waals surface area contributed by atoms with Crippen LogP contribution in [0.25, 0.3) is 5.69 Å². The average molecular weight is 346 g/mol. The van der Waals surface area contributed by atoms with Crippen molar-refractivity contribution in [1.29, 1.82) is 0 Å². The molecule has 0 atom stereocenters. The first-order chi connectivity index (χ1) is 12.7. The van der Waals surface area contributed by atoms with Crippen molar-refractivity contribution in [3.8, 4) is 5.69 Å². The maximum Gasteiger partial charge on any atom is 0.0648 e. The van der Waals surface area contributed by atoms with Crippen LogP contribution in [0.15, 0.2) is 60.7 Å². The van der Waals surface area contributed by atoms with E-state index >= 15 is 0 Å². The van der Waals surface area contributed by atoms with Gasteiger partial charge in [0.15, 0.2) is 0 Å². The van der Waals surface area contributed by atoms with Gasteiger partial charge in [0.2, 0.25) is 0 Å². The highest BCUT2D eigenvalue weighted by molar-refractivity contribution is 5.46. The zero-order valence-corrected chi connectivity index (χ0v) is 15.6. The maximum absolute atomic E-state index is 4.79. The van der Waals surface area contributed by atoms with Crippen LogP contribution in [0.4, 0.5) is 5.69 Å². The summed E-state index contributed by atoms with van der Waals surface area (Å²) < 4.78 is 2.07. The average Bonchev–Trinajstić information content (AvgIpc) is 2.98. The van der Waals surface area contributed by atoms with Crippen molar-refractivity contribution >= 4 is 5.69 Å². The number of anilines is 1. The number of nitrogens with zero attached hydrogens (tertiary/aromatic N) is 4. The Morgan fingerprint density at radius 2 is 1.35 bits per heavy atom. The lowest BCUT2D eigenvalue weighted by Crippen LogP contribution is -2.46. The van der Waals surface area contributed by atoms with E-state index in [-0.39, 0.29) is 0 Å². The molecule has 2 aromatic carbocycles. The summed E-state index contributed by atoms with van der Waals surface area (Å²) in [5, 5.41) is 4.79. The van der Waals surface area contributed by atoms with Gasteiger partial charge in [-0.25, -0.2) is 4.68 Å². The number of benzene rings is 2. The van der Waals surface area contributed by atoms with Gasteiger partial charge in [-0.3, -0.25) is 4.90 Å². The zero-order valence-electron chi connectivity index (χ0n) is 15.6. The Kier molecular flexibility index (Phi) is 4.76. The van der Waals surface area contributed by atoms with Crippen molar-refractivity contribution in [3.05, 3.63) is 77.6 Å². The van der Waals surface area contributed by atoms with Crippen LogP contribution >= 0.6 is 0 Å². The normalized spacial score (nSPS) is 15.4. The summed E-state index contributed by atoms with van der Waals surface area (Å²) in [6.45, 7) is 9.62. The van der Waals surface area contributed by atoms with Gasteiger partial charge in [0, 0.05) is 49.7 Å². The molecule has 1 aliphatic heterocycles. The second-order valence-electron chi connectivity index (χ2n) is 7.00. The summed E-state index contributed by atoms with van der Waals surface area (Å²) in [4.78, 5) is 5.02. The smallest absolute Gasteiger partial charge is 0.0648 e. The number of hydrogen-bond donors (Lipinski definition) is 0. The standard InChI is InChI=1S/C22H26N4/c1-18-22(19(2)26(23-18)21-11-7-4-8-12-21)17-24-13-15-25(16-14-24)20-9-5-3-6-10-20/h3-12H,13-17H2,1-2H3. The molecule has 3 aromatic rings. The van der Waals surface area contributed by atoms with E-state index < -0.39 is 0 Å². The van der Waals surface area contributed by atoms with Crippen LogP contribution in [0.5, 0.6) is 0 Å². The van der Waals surface area contributed by atoms with Gasteiger partial charge in [0.05, 0.1) is 11.4 Å². The lowest BCUT2D eigenvalue weighted by Gasteiger charge is -2.36. The van der Waals surface area contributed by atoms with Crippen molar-refractivity contribution in [2.75, 3.05) is 31.1 Å². The summed E-state index contributed by atoms with van der Waals surface area (Å²) in [6, 6.07) is 21.1. The number of aryl methyl sites for hydroxylation is 1. The van der Waals surface area contributed by atoms with Gasteiger partial charge in [-0.15, -0.1) is 0 Å². The molecule has 26 heavy (non-hydrogen) atoms. The Hall–Kier alpha value is -2.59. The van der Waals surface area contributed by atoms with Gasteiger partial charge in [-0.1, -0.05) is 36.4 Å². The van der Waals surface area contributed by atoms with Crippen LogP contribution in [0.3, 0.4) is 0 Å². The van der Waals surface area contributed by atoms with E-state index in [4.69, 9.17) is 5.10 Å². The zero-order chi connectivity index (χ0) is 17.9. The predicted octanol–water partition coefficient (Wildman–Crippen LogP) is 3.81. The van der Waals surface area contributed by atoms with Crippen LogP contribution in [-0.4, -0.2) is 40.9 Å². The highest BCUT2D eigenvalue weighted by Crippen LogP contribution is 2.21. The predicted molar refractivity (Wildman–Crippen MR) is 107 cm³/mol. The van der Waals surface area contributed by atoms with Gasteiger partial charge in [0.1, 0.15) is 0 Å². The third kappa shape index (κ3) is 3.37. The lowest BCUT2D eigenvalue weighted by molar-refractivity contribution is 0.249. The Balaban J connectivity index is 1.45. The summed E-state index contributed by atoms with van der Waals surface area (Å²) >= 11 is 0. The molecule has 4 rings (SSSR count). The molecule has 1 saturated heterocycles.